The van der Waals surface area contributed by atoms with Gasteiger partial charge < -0.3 is 5.32 Å². The molecule has 1 heterocycles. The van der Waals surface area contributed by atoms with E-state index in [0.29, 0.717) is 0 Å². The Morgan fingerprint density at radius 3 is 2.87 bits per heavy atom. The Kier molecular flexibility index (Phi) is 5.12. The number of rotatable bonds is 6. The molecule has 1 aromatic heterocycles. The van der Waals surface area contributed by atoms with Crippen molar-refractivity contribution in [3.8, 4) is 0 Å². The molecule has 86 valence electrons. The molecule has 0 saturated heterocycles. The number of aromatic nitrogens is 2. The number of halogens is 1. The molecule has 1 aromatic rings. The fraction of sp³-hybridized carbons (Fsp3) is 0.727. The second-order valence-corrected chi connectivity index (χ2v) is 4.60. The minimum Gasteiger partial charge on any atom is -0.311 e. The highest BCUT2D eigenvalue weighted by Gasteiger charge is 2.03. The van der Waals surface area contributed by atoms with Gasteiger partial charge in [-0.1, -0.05) is 6.92 Å². The molecular weight excluding hydrogens is 210 g/mol. The highest BCUT2D eigenvalue weighted by Crippen LogP contribution is 2.04. The third-order valence-electron chi connectivity index (χ3n) is 2.41. The average Bonchev–Trinajstić information content (AvgIpc) is 2.54. The Bertz CT molecular complexity index is 294. The normalized spacial score (nSPS) is 13.1. The summed E-state index contributed by atoms with van der Waals surface area (Å²) in [6.45, 7) is 5.96. The van der Waals surface area contributed by atoms with Gasteiger partial charge in [0.2, 0.25) is 0 Å². The maximum atomic E-state index is 5.86. The largest absolute Gasteiger partial charge is 0.311 e. The Labute approximate surface area is 96.8 Å². The number of alkyl halides is 1. The second kappa shape index (κ2) is 6.13. The van der Waals surface area contributed by atoms with E-state index in [-0.39, 0.29) is 5.38 Å². The van der Waals surface area contributed by atoms with Crippen LogP contribution < -0.4 is 5.32 Å². The first kappa shape index (κ1) is 12.5. The summed E-state index contributed by atoms with van der Waals surface area (Å²) in [6.07, 6.45) is 1.99. The highest BCUT2D eigenvalue weighted by molar-refractivity contribution is 6.20. The van der Waals surface area contributed by atoms with E-state index in [0.717, 1.165) is 31.6 Å². The van der Waals surface area contributed by atoms with Gasteiger partial charge in [0.25, 0.3) is 0 Å². The van der Waals surface area contributed by atoms with Crippen LogP contribution in [0.3, 0.4) is 0 Å². The number of hydrogen-bond acceptors (Lipinski definition) is 2. The molecule has 0 amide bonds. The van der Waals surface area contributed by atoms with Crippen LogP contribution in [0.1, 0.15) is 31.7 Å². The van der Waals surface area contributed by atoms with Crippen LogP contribution >= 0.6 is 11.6 Å². The molecule has 0 aliphatic rings. The minimum absolute atomic E-state index is 0.246. The molecule has 3 nitrogen and oxygen atoms in total. The van der Waals surface area contributed by atoms with Gasteiger partial charge in [-0.25, -0.2) is 0 Å². The highest BCUT2D eigenvalue weighted by atomic mass is 35.5. The third-order valence-corrected chi connectivity index (χ3v) is 2.63. The van der Waals surface area contributed by atoms with Gasteiger partial charge in [-0.05, 0) is 32.4 Å². The monoisotopic (exact) mass is 229 g/mol. The predicted molar refractivity (Wildman–Crippen MR) is 64.2 cm³/mol. The molecule has 0 aliphatic carbocycles. The van der Waals surface area contributed by atoms with E-state index in [1.807, 2.05) is 18.7 Å². The molecule has 0 saturated carbocycles. The Morgan fingerprint density at radius 1 is 1.60 bits per heavy atom. The first-order chi connectivity index (χ1) is 7.13. The summed E-state index contributed by atoms with van der Waals surface area (Å²) in [5.41, 5.74) is 2.38. The van der Waals surface area contributed by atoms with Crippen molar-refractivity contribution in [2.24, 2.45) is 7.05 Å². The van der Waals surface area contributed by atoms with E-state index < -0.39 is 0 Å². The van der Waals surface area contributed by atoms with Crippen molar-refractivity contribution in [3.63, 3.8) is 0 Å². The average molecular weight is 230 g/mol. The minimum atomic E-state index is 0.246. The van der Waals surface area contributed by atoms with Crippen molar-refractivity contribution in [1.29, 1.82) is 0 Å². The molecule has 15 heavy (non-hydrogen) atoms. The van der Waals surface area contributed by atoms with Crippen LogP contribution in [0.5, 0.6) is 0 Å². The van der Waals surface area contributed by atoms with Crippen molar-refractivity contribution < 1.29 is 0 Å². The van der Waals surface area contributed by atoms with Crippen molar-refractivity contribution in [3.05, 3.63) is 17.5 Å². The molecule has 4 heteroatoms. The number of nitrogens with zero attached hydrogens (tertiary/aromatic N) is 2. The molecule has 0 aliphatic heterocycles. The van der Waals surface area contributed by atoms with Crippen molar-refractivity contribution >= 4 is 11.6 Å². The molecule has 0 radical (unpaired) electrons. The first-order valence-corrected chi connectivity index (χ1v) is 5.93. The summed E-state index contributed by atoms with van der Waals surface area (Å²) in [5.74, 6) is 0. The van der Waals surface area contributed by atoms with Gasteiger partial charge in [0, 0.05) is 19.0 Å². The quantitative estimate of drug-likeness (QED) is 0.598. The lowest BCUT2D eigenvalue weighted by Crippen LogP contribution is -2.18. The van der Waals surface area contributed by atoms with E-state index in [1.54, 1.807) is 0 Å². The summed E-state index contributed by atoms with van der Waals surface area (Å²) < 4.78 is 1.94. The number of hydrogen-bond donors (Lipinski definition) is 1. The smallest absolute Gasteiger partial charge is 0.0625 e. The topological polar surface area (TPSA) is 29.9 Å². The van der Waals surface area contributed by atoms with E-state index in [9.17, 15) is 0 Å². The van der Waals surface area contributed by atoms with Crippen molar-refractivity contribution in [1.82, 2.24) is 15.1 Å². The van der Waals surface area contributed by atoms with Crippen LogP contribution in [0.25, 0.3) is 0 Å². The van der Waals surface area contributed by atoms with Crippen molar-refractivity contribution in [2.45, 2.75) is 38.6 Å². The van der Waals surface area contributed by atoms with Crippen LogP contribution in [0, 0.1) is 0 Å². The second-order valence-electron chi connectivity index (χ2n) is 3.85. The molecule has 0 fully saturated rings. The zero-order valence-corrected chi connectivity index (χ0v) is 10.5. The fourth-order valence-corrected chi connectivity index (χ4v) is 1.54. The van der Waals surface area contributed by atoms with Gasteiger partial charge in [0.15, 0.2) is 0 Å². The summed E-state index contributed by atoms with van der Waals surface area (Å²) in [5, 5.41) is 8.01. The lowest BCUT2D eigenvalue weighted by atomic mass is 10.3. The third kappa shape index (κ3) is 4.22. The first-order valence-electron chi connectivity index (χ1n) is 5.50. The van der Waals surface area contributed by atoms with E-state index in [4.69, 9.17) is 11.6 Å². The summed E-state index contributed by atoms with van der Waals surface area (Å²) in [6, 6.07) is 2.15. The Hall–Kier alpha value is -0.540. The SMILES string of the molecule is CCc1cc(CNCCC(C)Cl)n(C)n1. The van der Waals surface area contributed by atoms with Gasteiger partial charge in [0.05, 0.1) is 11.4 Å². The van der Waals surface area contributed by atoms with Gasteiger partial charge >= 0.3 is 0 Å². The van der Waals surface area contributed by atoms with Crippen LogP contribution in [-0.4, -0.2) is 21.7 Å². The molecule has 1 unspecified atom stereocenters. The standard InChI is InChI=1S/C11H20ClN3/c1-4-10-7-11(15(3)14-10)8-13-6-5-9(2)12/h7,9,13H,4-6,8H2,1-3H3. The van der Waals surface area contributed by atoms with Gasteiger partial charge in [-0.15, -0.1) is 11.6 Å². The molecule has 1 rings (SSSR count). The number of aryl methyl sites for hydroxylation is 2. The van der Waals surface area contributed by atoms with Crippen LogP contribution in [0.15, 0.2) is 6.07 Å². The Balaban J connectivity index is 2.33. The van der Waals surface area contributed by atoms with E-state index in [2.05, 4.69) is 23.4 Å². The summed E-state index contributed by atoms with van der Waals surface area (Å²) in [7, 11) is 1.99. The Morgan fingerprint density at radius 2 is 2.33 bits per heavy atom. The fourth-order valence-electron chi connectivity index (χ4n) is 1.43. The van der Waals surface area contributed by atoms with E-state index in [1.165, 1.54) is 5.69 Å². The van der Waals surface area contributed by atoms with Crippen LogP contribution in [0.2, 0.25) is 0 Å². The molecule has 0 bridgehead atoms. The summed E-state index contributed by atoms with van der Waals surface area (Å²) in [4.78, 5) is 0. The molecule has 0 aromatic carbocycles. The lowest BCUT2D eigenvalue weighted by molar-refractivity contribution is 0.603. The van der Waals surface area contributed by atoms with Gasteiger partial charge in [0.1, 0.15) is 0 Å². The molecule has 1 N–H and O–H groups in total. The maximum Gasteiger partial charge on any atom is 0.0625 e. The van der Waals surface area contributed by atoms with Crippen LogP contribution in [-0.2, 0) is 20.0 Å². The zero-order chi connectivity index (χ0) is 11.3. The molecular formula is C11H20ClN3. The van der Waals surface area contributed by atoms with Gasteiger partial charge in [-0.2, -0.15) is 5.10 Å². The molecule has 1 atom stereocenters. The maximum absolute atomic E-state index is 5.86. The lowest BCUT2D eigenvalue weighted by Gasteiger charge is -2.05. The van der Waals surface area contributed by atoms with E-state index >= 15 is 0 Å². The number of nitrogens with one attached hydrogen (secondary N) is 1. The molecule has 0 spiro atoms. The van der Waals surface area contributed by atoms with Crippen LogP contribution in [0.4, 0.5) is 0 Å². The zero-order valence-electron chi connectivity index (χ0n) is 9.76. The predicted octanol–water partition coefficient (Wildman–Crippen LogP) is 2.09. The van der Waals surface area contributed by atoms with Gasteiger partial charge in [-0.3, -0.25) is 4.68 Å². The summed E-state index contributed by atoms with van der Waals surface area (Å²) >= 11 is 5.86. The van der Waals surface area contributed by atoms with Crippen molar-refractivity contribution in [2.75, 3.05) is 6.54 Å².